The summed E-state index contributed by atoms with van der Waals surface area (Å²) < 4.78 is 0. The summed E-state index contributed by atoms with van der Waals surface area (Å²) in [6, 6.07) is 15.5. The molecule has 1 aliphatic rings. The first kappa shape index (κ1) is 15.9. The van der Waals surface area contributed by atoms with Gasteiger partial charge in [-0.25, -0.2) is 0 Å². The lowest BCUT2D eigenvalue weighted by Crippen LogP contribution is -2.02. The summed E-state index contributed by atoms with van der Waals surface area (Å²) in [5, 5.41) is 0.879. The lowest BCUT2D eigenvalue weighted by Gasteiger charge is -2.13. The van der Waals surface area contributed by atoms with Gasteiger partial charge in [0.2, 0.25) is 5.95 Å². The zero-order valence-corrected chi connectivity index (χ0v) is 15.2. The molecule has 0 aliphatic heterocycles. The van der Waals surface area contributed by atoms with Crippen LogP contribution in [0.2, 0.25) is 0 Å². The van der Waals surface area contributed by atoms with Crippen molar-refractivity contribution < 1.29 is 0 Å². The number of nitrogens with one attached hydrogen (secondary N) is 1. The maximum Gasteiger partial charge on any atom is 0.223 e. The molecule has 5 N–H and O–H groups in total. The molecule has 5 heteroatoms. The van der Waals surface area contributed by atoms with Gasteiger partial charge in [0.15, 0.2) is 0 Å². The fraction of sp³-hybridized carbons (Fsp3) is 0.182. The van der Waals surface area contributed by atoms with Crippen LogP contribution in [-0.4, -0.2) is 15.0 Å². The molecule has 1 atom stereocenters. The minimum Gasteiger partial charge on any atom is -0.383 e. The van der Waals surface area contributed by atoms with Gasteiger partial charge in [0.25, 0.3) is 0 Å². The number of rotatable bonds is 3. The van der Waals surface area contributed by atoms with Crippen LogP contribution in [0.15, 0.2) is 48.7 Å². The summed E-state index contributed by atoms with van der Waals surface area (Å²) in [6.45, 7) is 2.25. The minimum absolute atomic E-state index is 0.194. The number of nitrogen functional groups attached to an aromatic ring is 2. The van der Waals surface area contributed by atoms with Gasteiger partial charge in [-0.1, -0.05) is 49.4 Å². The molecule has 0 amide bonds. The van der Waals surface area contributed by atoms with Crippen LogP contribution in [0.3, 0.4) is 0 Å². The number of nitrogens with zero attached hydrogens (tertiary/aromatic N) is 2. The molecule has 1 unspecified atom stereocenters. The van der Waals surface area contributed by atoms with Crippen LogP contribution in [0, 0.1) is 0 Å². The highest BCUT2D eigenvalue weighted by Gasteiger charge is 2.20. The fourth-order valence-electron chi connectivity index (χ4n) is 4.23. The zero-order chi connectivity index (χ0) is 18.5. The molecule has 27 heavy (non-hydrogen) atoms. The monoisotopic (exact) mass is 355 g/mol. The van der Waals surface area contributed by atoms with E-state index in [0.717, 1.165) is 23.8 Å². The summed E-state index contributed by atoms with van der Waals surface area (Å²) in [5.74, 6) is 0.986. The standard InChI is InChI=1S/C22H21N5/c1-12(8-16-11-25-21-19(16)20(23)26-22(24)27-21)13-6-7-18-15(9-13)10-14-4-2-3-5-17(14)18/h2-7,9,11-12H,8,10H2,1H3,(H5,23,24,25,26,27). The third kappa shape index (κ3) is 2.54. The Bertz CT molecular complexity index is 1170. The maximum absolute atomic E-state index is 6.09. The molecule has 2 aromatic heterocycles. The lowest BCUT2D eigenvalue weighted by molar-refractivity contribution is 0.762. The molecule has 5 rings (SSSR count). The van der Waals surface area contributed by atoms with Crippen LogP contribution in [0.4, 0.5) is 11.8 Å². The number of hydrogen-bond donors (Lipinski definition) is 3. The van der Waals surface area contributed by atoms with Crippen molar-refractivity contribution in [3.63, 3.8) is 0 Å². The van der Waals surface area contributed by atoms with Gasteiger partial charge in [0.05, 0.1) is 5.39 Å². The maximum atomic E-state index is 6.09. The van der Waals surface area contributed by atoms with Gasteiger partial charge in [0.1, 0.15) is 11.5 Å². The second-order valence-electron chi connectivity index (χ2n) is 7.36. The number of aromatic nitrogens is 3. The first-order valence-electron chi connectivity index (χ1n) is 9.20. The first-order valence-corrected chi connectivity index (χ1v) is 9.20. The summed E-state index contributed by atoms with van der Waals surface area (Å²) in [4.78, 5) is 11.5. The summed E-state index contributed by atoms with van der Waals surface area (Å²) in [6.07, 6.45) is 3.84. The Labute approximate surface area is 157 Å². The average molecular weight is 355 g/mol. The SMILES string of the molecule is CC(Cc1c[nH]c2nc(N)nc(N)c12)c1ccc2c(c1)Cc1ccccc1-2. The van der Waals surface area contributed by atoms with E-state index in [1.54, 1.807) is 0 Å². The molecular weight excluding hydrogens is 334 g/mol. The van der Waals surface area contributed by atoms with Crippen molar-refractivity contribution in [2.45, 2.75) is 25.7 Å². The van der Waals surface area contributed by atoms with Crippen LogP contribution in [-0.2, 0) is 12.8 Å². The molecule has 0 bridgehead atoms. The Morgan fingerprint density at radius 1 is 1.04 bits per heavy atom. The third-order valence-electron chi connectivity index (χ3n) is 5.57. The molecule has 5 nitrogen and oxygen atoms in total. The molecule has 134 valence electrons. The summed E-state index contributed by atoms with van der Waals surface area (Å²) >= 11 is 0. The summed E-state index contributed by atoms with van der Waals surface area (Å²) in [5.41, 5.74) is 20.5. The molecule has 0 radical (unpaired) electrons. The molecule has 0 spiro atoms. The molecule has 0 fully saturated rings. The molecule has 1 aliphatic carbocycles. The van der Waals surface area contributed by atoms with Crippen LogP contribution < -0.4 is 11.5 Å². The van der Waals surface area contributed by atoms with E-state index in [0.29, 0.717) is 17.4 Å². The van der Waals surface area contributed by atoms with Crippen molar-refractivity contribution in [2.24, 2.45) is 0 Å². The Kier molecular flexibility index (Phi) is 3.44. The highest BCUT2D eigenvalue weighted by Crippen LogP contribution is 2.38. The highest BCUT2D eigenvalue weighted by molar-refractivity contribution is 5.90. The Hall–Kier alpha value is -3.34. The van der Waals surface area contributed by atoms with Gasteiger partial charge in [-0.3, -0.25) is 0 Å². The largest absolute Gasteiger partial charge is 0.383 e. The van der Waals surface area contributed by atoms with Crippen molar-refractivity contribution in [1.29, 1.82) is 0 Å². The van der Waals surface area contributed by atoms with E-state index >= 15 is 0 Å². The van der Waals surface area contributed by atoms with E-state index in [9.17, 15) is 0 Å². The molecule has 4 aromatic rings. The van der Waals surface area contributed by atoms with Crippen molar-refractivity contribution in [3.05, 3.63) is 70.9 Å². The number of benzene rings is 2. The number of aromatic amines is 1. The molecule has 0 saturated carbocycles. The predicted octanol–water partition coefficient (Wildman–Crippen LogP) is 4.04. The first-order chi connectivity index (χ1) is 13.1. The Morgan fingerprint density at radius 3 is 2.74 bits per heavy atom. The molecule has 0 saturated heterocycles. The molecule has 2 aromatic carbocycles. The van der Waals surface area contributed by atoms with E-state index < -0.39 is 0 Å². The number of H-pyrrole nitrogens is 1. The second kappa shape index (κ2) is 5.84. The lowest BCUT2D eigenvalue weighted by atomic mass is 9.91. The van der Waals surface area contributed by atoms with Crippen molar-refractivity contribution in [3.8, 4) is 11.1 Å². The van der Waals surface area contributed by atoms with E-state index in [2.05, 4.69) is 64.3 Å². The number of anilines is 2. The van der Waals surface area contributed by atoms with Crippen LogP contribution in [0.1, 0.15) is 35.1 Å². The van der Waals surface area contributed by atoms with E-state index in [1.165, 1.54) is 27.8 Å². The average Bonchev–Trinajstić information content (AvgIpc) is 3.22. The normalized spacial score (nSPS) is 13.5. The molecule has 2 heterocycles. The highest BCUT2D eigenvalue weighted by atomic mass is 15.1. The van der Waals surface area contributed by atoms with Gasteiger partial charge in [0, 0.05) is 6.20 Å². The second-order valence-corrected chi connectivity index (χ2v) is 7.36. The quantitative estimate of drug-likeness (QED) is 0.455. The number of fused-ring (bicyclic) bond motifs is 4. The van der Waals surface area contributed by atoms with Crippen molar-refractivity contribution in [2.75, 3.05) is 11.5 Å². The predicted molar refractivity (Wildman–Crippen MR) is 110 cm³/mol. The molecular formula is C22H21N5. The van der Waals surface area contributed by atoms with Gasteiger partial charge < -0.3 is 16.5 Å². The van der Waals surface area contributed by atoms with E-state index in [4.69, 9.17) is 11.5 Å². The number of nitrogens with two attached hydrogens (primary N) is 2. The smallest absolute Gasteiger partial charge is 0.223 e. The van der Waals surface area contributed by atoms with Crippen LogP contribution >= 0.6 is 0 Å². The van der Waals surface area contributed by atoms with Gasteiger partial charge >= 0.3 is 0 Å². The van der Waals surface area contributed by atoms with E-state index in [-0.39, 0.29) is 5.95 Å². The van der Waals surface area contributed by atoms with Crippen LogP contribution in [0.25, 0.3) is 22.2 Å². The van der Waals surface area contributed by atoms with Crippen LogP contribution in [0.5, 0.6) is 0 Å². The number of hydrogen-bond acceptors (Lipinski definition) is 4. The topological polar surface area (TPSA) is 93.6 Å². The van der Waals surface area contributed by atoms with Gasteiger partial charge in [-0.05, 0) is 52.1 Å². The third-order valence-corrected chi connectivity index (χ3v) is 5.57. The fourth-order valence-corrected chi connectivity index (χ4v) is 4.23. The van der Waals surface area contributed by atoms with Gasteiger partial charge in [-0.15, -0.1) is 0 Å². The Morgan fingerprint density at radius 2 is 1.85 bits per heavy atom. The van der Waals surface area contributed by atoms with Crippen molar-refractivity contribution >= 4 is 22.8 Å². The van der Waals surface area contributed by atoms with E-state index in [1.807, 2.05) is 6.20 Å². The van der Waals surface area contributed by atoms with Gasteiger partial charge in [-0.2, -0.15) is 9.97 Å². The Balaban J connectivity index is 1.46. The summed E-state index contributed by atoms with van der Waals surface area (Å²) in [7, 11) is 0. The zero-order valence-electron chi connectivity index (χ0n) is 15.2. The van der Waals surface area contributed by atoms with Crippen molar-refractivity contribution in [1.82, 2.24) is 15.0 Å². The minimum atomic E-state index is 0.194.